The fourth-order valence-electron chi connectivity index (χ4n) is 2.38. The topological polar surface area (TPSA) is 80.9 Å². The zero-order valence-corrected chi connectivity index (χ0v) is 11.8. The molecule has 0 fully saturated rings. The van der Waals surface area contributed by atoms with Crippen LogP contribution in [0.25, 0.3) is 22.7 Å². The van der Waals surface area contributed by atoms with Crippen molar-refractivity contribution in [3.63, 3.8) is 0 Å². The highest BCUT2D eigenvalue weighted by Gasteiger charge is 2.11. The Labute approximate surface area is 124 Å². The first-order valence-electron chi connectivity index (χ1n) is 6.76. The molecule has 7 nitrogen and oxygen atoms in total. The summed E-state index contributed by atoms with van der Waals surface area (Å²) in [6, 6.07) is 7.18. The second-order valence-corrected chi connectivity index (χ2v) is 4.96. The second kappa shape index (κ2) is 4.66. The van der Waals surface area contributed by atoms with Crippen molar-refractivity contribution in [1.29, 1.82) is 0 Å². The van der Waals surface area contributed by atoms with Crippen molar-refractivity contribution in [3.8, 4) is 17.1 Å². The van der Waals surface area contributed by atoms with Gasteiger partial charge in [0.1, 0.15) is 17.7 Å². The van der Waals surface area contributed by atoms with Gasteiger partial charge in [0, 0.05) is 24.2 Å². The Morgan fingerprint density at radius 2 is 2.09 bits per heavy atom. The molecular formula is C15H12N6O. The minimum absolute atomic E-state index is 0.164. The normalized spacial score (nSPS) is 11.1. The van der Waals surface area contributed by atoms with E-state index in [2.05, 4.69) is 20.1 Å². The molecular weight excluding hydrogens is 280 g/mol. The molecule has 0 amide bonds. The molecule has 0 aliphatic heterocycles. The van der Waals surface area contributed by atoms with Crippen LogP contribution in [0.15, 0.2) is 54.0 Å². The minimum Gasteiger partial charge on any atom is -0.342 e. The SMILES string of the molecule is Cc1cc(=O)n2ncc(-n3cnc(-c4ccccn4)c3)c2[nH]1. The molecule has 0 radical (unpaired) electrons. The largest absolute Gasteiger partial charge is 0.342 e. The Hall–Kier alpha value is -3.22. The maximum absolute atomic E-state index is 11.9. The van der Waals surface area contributed by atoms with E-state index in [0.29, 0.717) is 5.65 Å². The van der Waals surface area contributed by atoms with Gasteiger partial charge in [-0.15, -0.1) is 0 Å². The zero-order valence-electron chi connectivity index (χ0n) is 11.8. The van der Waals surface area contributed by atoms with Gasteiger partial charge in [0.2, 0.25) is 0 Å². The molecule has 4 heterocycles. The number of nitrogens with one attached hydrogen (secondary N) is 1. The van der Waals surface area contributed by atoms with E-state index >= 15 is 0 Å². The Kier molecular flexibility index (Phi) is 2.65. The lowest BCUT2D eigenvalue weighted by Gasteiger charge is -2.00. The summed E-state index contributed by atoms with van der Waals surface area (Å²) in [5.74, 6) is 0. The van der Waals surface area contributed by atoms with Crippen LogP contribution in [-0.2, 0) is 0 Å². The molecule has 0 aliphatic rings. The first-order chi connectivity index (χ1) is 10.7. The lowest BCUT2D eigenvalue weighted by atomic mass is 10.3. The third-order valence-electron chi connectivity index (χ3n) is 3.40. The van der Waals surface area contributed by atoms with Crippen LogP contribution in [0.4, 0.5) is 0 Å². The lowest BCUT2D eigenvalue weighted by molar-refractivity contribution is 0.889. The first kappa shape index (κ1) is 12.5. The summed E-state index contributed by atoms with van der Waals surface area (Å²) >= 11 is 0. The molecule has 0 atom stereocenters. The van der Waals surface area contributed by atoms with Crippen LogP contribution in [0.5, 0.6) is 0 Å². The summed E-state index contributed by atoms with van der Waals surface area (Å²) in [6.07, 6.45) is 6.91. The molecule has 0 bridgehead atoms. The van der Waals surface area contributed by atoms with Gasteiger partial charge in [0.15, 0.2) is 5.65 Å². The second-order valence-electron chi connectivity index (χ2n) is 4.96. The van der Waals surface area contributed by atoms with Crippen LogP contribution in [0.3, 0.4) is 0 Å². The van der Waals surface area contributed by atoms with Crippen molar-refractivity contribution in [3.05, 3.63) is 65.2 Å². The van der Waals surface area contributed by atoms with Crippen LogP contribution in [0.2, 0.25) is 0 Å². The number of nitrogens with zero attached hydrogens (tertiary/aromatic N) is 5. The third-order valence-corrected chi connectivity index (χ3v) is 3.40. The fourth-order valence-corrected chi connectivity index (χ4v) is 2.38. The molecule has 108 valence electrons. The summed E-state index contributed by atoms with van der Waals surface area (Å²) in [5.41, 5.74) is 3.56. The van der Waals surface area contributed by atoms with E-state index in [1.165, 1.54) is 10.6 Å². The van der Waals surface area contributed by atoms with Gasteiger partial charge in [-0.3, -0.25) is 9.78 Å². The van der Waals surface area contributed by atoms with Gasteiger partial charge >= 0.3 is 0 Å². The van der Waals surface area contributed by atoms with Crippen molar-refractivity contribution in [2.75, 3.05) is 0 Å². The van der Waals surface area contributed by atoms with Crippen LogP contribution < -0.4 is 5.56 Å². The summed E-state index contributed by atoms with van der Waals surface area (Å²) in [4.78, 5) is 23.7. The Bertz CT molecular complexity index is 1010. The summed E-state index contributed by atoms with van der Waals surface area (Å²) in [5, 5.41) is 4.13. The predicted octanol–water partition coefficient (Wildman–Crippen LogP) is 1.58. The fraction of sp³-hybridized carbons (Fsp3) is 0.0667. The molecule has 0 aliphatic carbocycles. The van der Waals surface area contributed by atoms with Crippen molar-refractivity contribution < 1.29 is 0 Å². The van der Waals surface area contributed by atoms with Gasteiger partial charge in [0.05, 0.1) is 11.9 Å². The van der Waals surface area contributed by atoms with Crippen molar-refractivity contribution >= 4 is 5.65 Å². The van der Waals surface area contributed by atoms with Crippen LogP contribution in [-0.4, -0.2) is 29.1 Å². The molecule has 4 aromatic rings. The molecule has 0 saturated carbocycles. The standard InChI is InChI=1S/C15H12N6O/c1-10-6-14(22)21-15(19-10)13(7-18-21)20-8-12(17-9-20)11-4-2-3-5-16-11/h2-9,19H,1H3. The zero-order chi connectivity index (χ0) is 15.1. The number of fused-ring (bicyclic) bond motifs is 1. The highest BCUT2D eigenvalue weighted by atomic mass is 16.1. The van der Waals surface area contributed by atoms with Gasteiger partial charge in [-0.2, -0.15) is 9.61 Å². The van der Waals surface area contributed by atoms with Crippen LogP contribution in [0.1, 0.15) is 5.69 Å². The van der Waals surface area contributed by atoms with Crippen LogP contribution in [0, 0.1) is 6.92 Å². The van der Waals surface area contributed by atoms with Gasteiger partial charge in [-0.1, -0.05) is 6.07 Å². The monoisotopic (exact) mass is 292 g/mol. The minimum atomic E-state index is -0.164. The van der Waals surface area contributed by atoms with E-state index in [1.807, 2.05) is 35.9 Å². The smallest absolute Gasteiger partial charge is 0.274 e. The van der Waals surface area contributed by atoms with Crippen molar-refractivity contribution in [2.24, 2.45) is 0 Å². The quantitative estimate of drug-likeness (QED) is 0.608. The summed E-state index contributed by atoms with van der Waals surface area (Å²) in [6.45, 7) is 1.84. The number of pyridine rings is 1. The molecule has 0 aromatic carbocycles. The molecule has 0 unspecified atom stereocenters. The average molecular weight is 292 g/mol. The number of imidazole rings is 1. The Morgan fingerprint density at radius 3 is 2.91 bits per heavy atom. The van der Waals surface area contributed by atoms with Gasteiger partial charge < -0.3 is 9.55 Å². The van der Waals surface area contributed by atoms with E-state index in [0.717, 1.165) is 22.8 Å². The summed E-state index contributed by atoms with van der Waals surface area (Å²) in [7, 11) is 0. The number of hydrogen-bond donors (Lipinski definition) is 1. The van der Waals surface area contributed by atoms with Crippen molar-refractivity contribution in [2.45, 2.75) is 6.92 Å². The lowest BCUT2D eigenvalue weighted by Crippen LogP contribution is -2.14. The Balaban J connectivity index is 1.87. The molecule has 0 saturated heterocycles. The highest BCUT2D eigenvalue weighted by molar-refractivity contribution is 5.60. The van der Waals surface area contributed by atoms with Crippen LogP contribution >= 0.6 is 0 Å². The van der Waals surface area contributed by atoms with E-state index in [9.17, 15) is 4.79 Å². The summed E-state index contributed by atoms with van der Waals surface area (Å²) < 4.78 is 3.16. The number of aromatic amines is 1. The van der Waals surface area contributed by atoms with Gasteiger partial charge in [0.25, 0.3) is 5.56 Å². The number of aromatic nitrogens is 6. The van der Waals surface area contributed by atoms with Gasteiger partial charge in [-0.25, -0.2) is 4.98 Å². The average Bonchev–Trinajstić information content (AvgIpc) is 3.14. The number of hydrogen-bond acceptors (Lipinski definition) is 4. The highest BCUT2D eigenvalue weighted by Crippen LogP contribution is 2.18. The number of H-pyrrole nitrogens is 1. The molecule has 1 N–H and O–H groups in total. The number of rotatable bonds is 2. The van der Waals surface area contributed by atoms with E-state index < -0.39 is 0 Å². The number of aryl methyl sites for hydroxylation is 1. The molecule has 4 rings (SSSR count). The molecule has 0 spiro atoms. The van der Waals surface area contributed by atoms with E-state index in [4.69, 9.17) is 0 Å². The van der Waals surface area contributed by atoms with Gasteiger partial charge in [-0.05, 0) is 19.1 Å². The Morgan fingerprint density at radius 1 is 1.18 bits per heavy atom. The maximum atomic E-state index is 11.9. The van der Waals surface area contributed by atoms with Crippen molar-refractivity contribution in [1.82, 2.24) is 29.1 Å². The molecule has 7 heteroatoms. The third kappa shape index (κ3) is 1.91. The predicted molar refractivity (Wildman–Crippen MR) is 80.9 cm³/mol. The molecule has 22 heavy (non-hydrogen) atoms. The first-order valence-corrected chi connectivity index (χ1v) is 6.76. The molecule has 4 aromatic heterocycles. The van der Waals surface area contributed by atoms with E-state index in [1.54, 1.807) is 18.7 Å². The van der Waals surface area contributed by atoms with E-state index in [-0.39, 0.29) is 5.56 Å². The maximum Gasteiger partial charge on any atom is 0.274 e.